The van der Waals surface area contributed by atoms with Gasteiger partial charge in [0.05, 0.1) is 0 Å². The Morgan fingerprint density at radius 3 is 2.30 bits per heavy atom. The monoisotopic (exact) mass is 432 g/mol. The first-order chi connectivity index (χ1) is 10.5. The summed E-state index contributed by atoms with van der Waals surface area (Å²) in [4.78, 5) is 6.59. The summed E-state index contributed by atoms with van der Waals surface area (Å²) in [5.74, 6) is 1.58. The maximum Gasteiger partial charge on any atom is 0.191 e. The molecule has 5 heteroatoms. The molecule has 0 aliphatic rings. The van der Waals surface area contributed by atoms with Gasteiger partial charge < -0.3 is 15.5 Å². The van der Waals surface area contributed by atoms with Crippen LogP contribution in [-0.4, -0.2) is 51.1 Å². The molecule has 0 bridgehead atoms. The number of hydrogen-bond acceptors (Lipinski definition) is 2. The average molecular weight is 432 g/mol. The Kier molecular flexibility index (Phi) is 12.1. The fraction of sp³-hybridized carbons (Fsp3) is 0.611. The lowest BCUT2D eigenvalue weighted by molar-refractivity contribution is 0.254. The zero-order valence-electron chi connectivity index (χ0n) is 15.2. The summed E-state index contributed by atoms with van der Waals surface area (Å²) >= 11 is 0. The van der Waals surface area contributed by atoms with E-state index in [1.165, 1.54) is 12.0 Å². The summed E-state index contributed by atoms with van der Waals surface area (Å²) in [6.07, 6.45) is 2.19. The minimum atomic E-state index is 0. The number of rotatable bonds is 8. The van der Waals surface area contributed by atoms with Gasteiger partial charge in [0, 0.05) is 26.2 Å². The predicted molar refractivity (Wildman–Crippen MR) is 112 cm³/mol. The first-order valence-corrected chi connectivity index (χ1v) is 8.17. The molecular formula is C18H33IN4. The molecule has 4 nitrogen and oxygen atoms in total. The molecule has 0 fully saturated rings. The molecular weight excluding hydrogens is 399 g/mol. The van der Waals surface area contributed by atoms with E-state index in [0.717, 1.165) is 25.5 Å². The second-order valence-corrected chi connectivity index (χ2v) is 6.36. The smallest absolute Gasteiger partial charge is 0.191 e. The summed E-state index contributed by atoms with van der Waals surface area (Å²) < 4.78 is 0. The number of benzene rings is 1. The molecule has 23 heavy (non-hydrogen) atoms. The molecule has 1 unspecified atom stereocenters. The van der Waals surface area contributed by atoms with Gasteiger partial charge in [-0.2, -0.15) is 0 Å². The minimum absolute atomic E-state index is 0. The highest BCUT2D eigenvalue weighted by atomic mass is 127. The van der Waals surface area contributed by atoms with Crippen LogP contribution in [0.1, 0.15) is 25.8 Å². The van der Waals surface area contributed by atoms with E-state index in [2.05, 4.69) is 72.7 Å². The third kappa shape index (κ3) is 9.81. The highest BCUT2D eigenvalue weighted by Crippen LogP contribution is 2.08. The van der Waals surface area contributed by atoms with Crippen LogP contribution in [0.15, 0.2) is 35.3 Å². The topological polar surface area (TPSA) is 39.7 Å². The number of aliphatic imine (C=N–C) groups is 1. The molecule has 0 aliphatic carbocycles. The number of nitrogens with zero attached hydrogens (tertiary/aromatic N) is 2. The van der Waals surface area contributed by atoms with Crippen molar-refractivity contribution in [1.82, 2.24) is 15.5 Å². The molecule has 0 saturated carbocycles. The standard InChI is InChI=1S/C18H32N4.HI/c1-15(2)13-17(22(4)5)14-21-18(19-3)20-12-11-16-9-7-6-8-10-16;/h6-10,15,17H,11-14H2,1-5H3,(H2,19,20,21);1H. The maximum absolute atomic E-state index is 4.31. The molecule has 0 aromatic heterocycles. The van der Waals surface area contributed by atoms with Crippen molar-refractivity contribution in [2.45, 2.75) is 32.7 Å². The third-order valence-corrected chi connectivity index (χ3v) is 3.75. The Labute approximate surface area is 159 Å². The Morgan fingerprint density at radius 1 is 1.13 bits per heavy atom. The van der Waals surface area contributed by atoms with Crippen molar-refractivity contribution >= 4 is 29.9 Å². The number of hydrogen-bond donors (Lipinski definition) is 2. The number of halogens is 1. The van der Waals surface area contributed by atoms with Gasteiger partial charge in [-0.05, 0) is 38.4 Å². The highest BCUT2D eigenvalue weighted by Gasteiger charge is 2.13. The van der Waals surface area contributed by atoms with E-state index in [1.54, 1.807) is 0 Å². The van der Waals surface area contributed by atoms with Crippen LogP contribution in [0.5, 0.6) is 0 Å². The fourth-order valence-electron chi connectivity index (χ4n) is 2.43. The largest absolute Gasteiger partial charge is 0.356 e. The van der Waals surface area contributed by atoms with Gasteiger partial charge in [-0.1, -0.05) is 44.2 Å². The molecule has 2 N–H and O–H groups in total. The zero-order chi connectivity index (χ0) is 16.4. The Balaban J connectivity index is 0.00000484. The Bertz CT molecular complexity index is 432. The lowest BCUT2D eigenvalue weighted by atomic mass is 10.0. The molecule has 0 heterocycles. The normalized spacial score (nSPS) is 12.9. The van der Waals surface area contributed by atoms with Gasteiger partial charge >= 0.3 is 0 Å². The first-order valence-electron chi connectivity index (χ1n) is 8.17. The molecule has 0 saturated heterocycles. The summed E-state index contributed by atoms with van der Waals surface area (Å²) in [5, 5.41) is 6.83. The number of guanidine groups is 1. The zero-order valence-corrected chi connectivity index (χ0v) is 17.5. The molecule has 0 spiro atoms. The van der Waals surface area contributed by atoms with Crippen LogP contribution in [0, 0.1) is 5.92 Å². The molecule has 1 aromatic rings. The van der Waals surface area contributed by atoms with Crippen LogP contribution in [0.3, 0.4) is 0 Å². The Morgan fingerprint density at radius 2 is 1.78 bits per heavy atom. The van der Waals surface area contributed by atoms with Gasteiger partial charge in [0.25, 0.3) is 0 Å². The van der Waals surface area contributed by atoms with E-state index >= 15 is 0 Å². The van der Waals surface area contributed by atoms with Crippen molar-refractivity contribution < 1.29 is 0 Å². The van der Waals surface area contributed by atoms with Crippen molar-refractivity contribution in [3.63, 3.8) is 0 Å². The van der Waals surface area contributed by atoms with Gasteiger partial charge in [-0.25, -0.2) is 0 Å². The number of likely N-dealkylation sites (N-methyl/N-ethyl adjacent to an activating group) is 1. The lowest BCUT2D eigenvalue weighted by Crippen LogP contribution is -2.45. The fourth-order valence-corrected chi connectivity index (χ4v) is 2.43. The van der Waals surface area contributed by atoms with E-state index in [9.17, 15) is 0 Å². The quantitative estimate of drug-likeness (QED) is 0.377. The van der Waals surface area contributed by atoms with Crippen molar-refractivity contribution in [3.8, 4) is 0 Å². The van der Waals surface area contributed by atoms with Crippen LogP contribution < -0.4 is 10.6 Å². The molecule has 0 aliphatic heterocycles. The molecule has 132 valence electrons. The van der Waals surface area contributed by atoms with Gasteiger partial charge in [-0.15, -0.1) is 24.0 Å². The minimum Gasteiger partial charge on any atom is -0.356 e. The van der Waals surface area contributed by atoms with Crippen molar-refractivity contribution in [1.29, 1.82) is 0 Å². The summed E-state index contributed by atoms with van der Waals surface area (Å²) in [6, 6.07) is 11.0. The van der Waals surface area contributed by atoms with Crippen LogP contribution in [0.4, 0.5) is 0 Å². The second-order valence-electron chi connectivity index (χ2n) is 6.36. The van der Waals surface area contributed by atoms with Crippen LogP contribution in [-0.2, 0) is 6.42 Å². The predicted octanol–water partition coefficient (Wildman–Crippen LogP) is 2.99. The van der Waals surface area contributed by atoms with Crippen LogP contribution >= 0.6 is 24.0 Å². The average Bonchev–Trinajstić information content (AvgIpc) is 2.49. The lowest BCUT2D eigenvalue weighted by Gasteiger charge is -2.27. The van der Waals surface area contributed by atoms with Gasteiger partial charge in [0.2, 0.25) is 0 Å². The van der Waals surface area contributed by atoms with E-state index in [1.807, 2.05) is 13.1 Å². The van der Waals surface area contributed by atoms with E-state index in [4.69, 9.17) is 0 Å². The van der Waals surface area contributed by atoms with Crippen LogP contribution in [0.2, 0.25) is 0 Å². The van der Waals surface area contributed by atoms with E-state index < -0.39 is 0 Å². The van der Waals surface area contributed by atoms with Crippen molar-refractivity contribution in [2.24, 2.45) is 10.9 Å². The van der Waals surface area contributed by atoms with Crippen molar-refractivity contribution in [2.75, 3.05) is 34.2 Å². The summed E-state index contributed by atoms with van der Waals surface area (Å²) in [5.41, 5.74) is 1.34. The summed E-state index contributed by atoms with van der Waals surface area (Å²) in [6.45, 7) is 6.34. The first kappa shape index (κ1) is 22.2. The molecule has 0 amide bonds. The van der Waals surface area contributed by atoms with E-state index in [-0.39, 0.29) is 24.0 Å². The number of nitrogens with one attached hydrogen (secondary N) is 2. The molecule has 1 rings (SSSR count). The van der Waals surface area contributed by atoms with Gasteiger partial charge in [0.15, 0.2) is 5.96 Å². The molecule has 1 atom stereocenters. The van der Waals surface area contributed by atoms with Crippen molar-refractivity contribution in [3.05, 3.63) is 35.9 Å². The SMILES string of the molecule is CN=C(NCCc1ccccc1)NCC(CC(C)C)N(C)C.I. The molecule has 0 radical (unpaired) electrons. The van der Waals surface area contributed by atoms with Crippen LogP contribution in [0.25, 0.3) is 0 Å². The Hall–Kier alpha value is -0.820. The maximum atomic E-state index is 4.31. The van der Waals surface area contributed by atoms with Gasteiger partial charge in [-0.3, -0.25) is 4.99 Å². The molecule has 1 aromatic carbocycles. The second kappa shape index (κ2) is 12.6. The third-order valence-electron chi connectivity index (χ3n) is 3.75. The highest BCUT2D eigenvalue weighted by molar-refractivity contribution is 14.0. The van der Waals surface area contributed by atoms with Gasteiger partial charge in [0.1, 0.15) is 0 Å². The van der Waals surface area contributed by atoms with E-state index in [0.29, 0.717) is 12.0 Å². The summed E-state index contributed by atoms with van der Waals surface area (Å²) in [7, 11) is 6.10.